The van der Waals surface area contributed by atoms with Crippen LogP contribution in [0, 0.1) is 0 Å². The standard InChI is InChI=1S/C14H20N2O5S/c1-2-3-4-12(14(18)19)16-13(17)11-7-5-10(6-8-11)9-22(15,20)21/h5-8,12H,2-4,9H2,1H3,(H,16,17)(H,18,19)(H2,15,20,21). The highest BCUT2D eigenvalue weighted by atomic mass is 32.2. The van der Waals surface area contributed by atoms with Crippen LogP contribution >= 0.6 is 0 Å². The van der Waals surface area contributed by atoms with Crippen LogP contribution in [-0.2, 0) is 20.6 Å². The molecule has 122 valence electrons. The lowest BCUT2D eigenvalue weighted by molar-refractivity contribution is -0.139. The fourth-order valence-corrected chi connectivity index (χ4v) is 2.55. The quantitative estimate of drug-likeness (QED) is 0.652. The lowest BCUT2D eigenvalue weighted by atomic mass is 10.1. The number of nitrogens with one attached hydrogen (secondary N) is 1. The third-order valence-electron chi connectivity index (χ3n) is 3.03. The number of carboxylic acid groups (broad SMARTS) is 1. The Labute approximate surface area is 129 Å². The molecule has 4 N–H and O–H groups in total. The zero-order valence-electron chi connectivity index (χ0n) is 12.3. The molecular weight excluding hydrogens is 308 g/mol. The third kappa shape index (κ3) is 6.23. The Kier molecular flexibility index (Phi) is 6.51. The highest BCUT2D eigenvalue weighted by molar-refractivity contribution is 7.88. The van der Waals surface area contributed by atoms with Gasteiger partial charge in [-0.25, -0.2) is 18.4 Å². The van der Waals surface area contributed by atoms with Crippen molar-refractivity contribution in [3.63, 3.8) is 0 Å². The number of hydrogen-bond donors (Lipinski definition) is 3. The van der Waals surface area contributed by atoms with E-state index in [0.717, 1.165) is 6.42 Å². The minimum absolute atomic E-state index is 0.265. The average molecular weight is 328 g/mol. The number of amides is 1. The Bertz CT molecular complexity index is 625. The van der Waals surface area contributed by atoms with Crippen LogP contribution in [0.2, 0.25) is 0 Å². The van der Waals surface area contributed by atoms with E-state index in [1.807, 2.05) is 6.92 Å². The van der Waals surface area contributed by atoms with Gasteiger partial charge in [-0.3, -0.25) is 4.79 Å². The number of primary sulfonamides is 1. The molecule has 0 aromatic heterocycles. The molecule has 1 atom stereocenters. The lowest BCUT2D eigenvalue weighted by Crippen LogP contribution is -2.40. The molecule has 0 aliphatic carbocycles. The summed E-state index contributed by atoms with van der Waals surface area (Å²) in [5.41, 5.74) is 0.723. The van der Waals surface area contributed by atoms with E-state index in [-0.39, 0.29) is 11.3 Å². The number of rotatable bonds is 8. The molecule has 0 radical (unpaired) electrons. The van der Waals surface area contributed by atoms with Crippen molar-refractivity contribution in [2.75, 3.05) is 0 Å². The topological polar surface area (TPSA) is 127 Å². The Balaban J connectivity index is 2.74. The van der Waals surface area contributed by atoms with Gasteiger partial charge in [0.15, 0.2) is 0 Å². The van der Waals surface area contributed by atoms with Crippen molar-refractivity contribution in [2.24, 2.45) is 5.14 Å². The molecule has 0 bridgehead atoms. The molecule has 1 amide bonds. The first kappa shape index (κ1) is 18.1. The highest BCUT2D eigenvalue weighted by Crippen LogP contribution is 2.08. The molecule has 7 nitrogen and oxygen atoms in total. The zero-order valence-corrected chi connectivity index (χ0v) is 13.1. The van der Waals surface area contributed by atoms with Gasteiger partial charge >= 0.3 is 5.97 Å². The first-order valence-electron chi connectivity index (χ1n) is 6.86. The van der Waals surface area contributed by atoms with E-state index in [1.165, 1.54) is 24.3 Å². The first-order valence-corrected chi connectivity index (χ1v) is 8.57. The van der Waals surface area contributed by atoms with Gasteiger partial charge in [-0.15, -0.1) is 0 Å². The van der Waals surface area contributed by atoms with Crippen LogP contribution < -0.4 is 10.5 Å². The summed E-state index contributed by atoms with van der Waals surface area (Å²) in [6.45, 7) is 1.94. The van der Waals surface area contributed by atoms with Gasteiger partial charge in [-0.2, -0.15) is 0 Å². The van der Waals surface area contributed by atoms with E-state index >= 15 is 0 Å². The van der Waals surface area contributed by atoms with Crippen LogP contribution in [-0.4, -0.2) is 31.4 Å². The van der Waals surface area contributed by atoms with Gasteiger partial charge in [0.25, 0.3) is 5.91 Å². The number of unbranched alkanes of at least 4 members (excludes halogenated alkanes) is 1. The maximum Gasteiger partial charge on any atom is 0.326 e. The normalized spacial score (nSPS) is 12.6. The van der Waals surface area contributed by atoms with E-state index in [1.54, 1.807) is 0 Å². The van der Waals surface area contributed by atoms with Gasteiger partial charge in [-0.05, 0) is 24.1 Å². The second kappa shape index (κ2) is 7.90. The van der Waals surface area contributed by atoms with E-state index in [4.69, 9.17) is 10.2 Å². The Hall–Kier alpha value is -1.93. The van der Waals surface area contributed by atoms with Gasteiger partial charge in [0.2, 0.25) is 10.0 Å². The molecule has 0 aliphatic heterocycles. The van der Waals surface area contributed by atoms with Gasteiger partial charge < -0.3 is 10.4 Å². The van der Waals surface area contributed by atoms with E-state index in [9.17, 15) is 18.0 Å². The van der Waals surface area contributed by atoms with Crippen molar-refractivity contribution in [2.45, 2.75) is 38.0 Å². The van der Waals surface area contributed by atoms with E-state index in [0.29, 0.717) is 18.4 Å². The predicted octanol–water partition coefficient (Wildman–Crippen LogP) is 0.848. The first-order chi connectivity index (χ1) is 10.2. The van der Waals surface area contributed by atoms with Crippen LogP contribution in [0.3, 0.4) is 0 Å². The average Bonchev–Trinajstić information content (AvgIpc) is 2.42. The largest absolute Gasteiger partial charge is 0.480 e. The van der Waals surface area contributed by atoms with Crippen LogP contribution in [0.4, 0.5) is 0 Å². The summed E-state index contributed by atoms with van der Waals surface area (Å²) in [6, 6.07) is 4.89. The molecule has 0 saturated carbocycles. The zero-order chi connectivity index (χ0) is 16.8. The van der Waals surface area contributed by atoms with Crippen LogP contribution in [0.25, 0.3) is 0 Å². The second-order valence-corrected chi connectivity index (χ2v) is 6.63. The smallest absolute Gasteiger partial charge is 0.326 e. The van der Waals surface area contributed by atoms with Gasteiger partial charge in [0.1, 0.15) is 6.04 Å². The molecular formula is C14H20N2O5S. The fourth-order valence-electron chi connectivity index (χ4n) is 1.89. The van der Waals surface area contributed by atoms with Crippen LogP contribution in [0.5, 0.6) is 0 Å². The molecule has 1 rings (SSSR count). The van der Waals surface area contributed by atoms with Crippen molar-refractivity contribution in [3.8, 4) is 0 Å². The number of hydrogen-bond acceptors (Lipinski definition) is 4. The second-order valence-electron chi connectivity index (χ2n) is 5.01. The number of aliphatic carboxylic acids is 1. The maximum atomic E-state index is 12.0. The number of carboxylic acids is 1. The summed E-state index contributed by atoms with van der Waals surface area (Å²) in [6.07, 6.45) is 1.90. The Morgan fingerprint density at radius 1 is 1.27 bits per heavy atom. The number of carbonyl (C=O) groups is 2. The minimum Gasteiger partial charge on any atom is -0.480 e. The molecule has 0 heterocycles. The lowest BCUT2D eigenvalue weighted by Gasteiger charge is -2.14. The van der Waals surface area contributed by atoms with E-state index in [2.05, 4.69) is 5.32 Å². The number of nitrogens with two attached hydrogens (primary N) is 1. The van der Waals surface area contributed by atoms with Crippen molar-refractivity contribution in [1.29, 1.82) is 0 Å². The summed E-state index contributed by atoms with van der Waals surface area (Å²) in [5, 5.41) is 16.5. The van der Waals surface area contributed by atoms with Crippen LogP contribution in [0.1, 0.15) is 42.1 Å². The maximum absolute atomic E-state index is 12.0. The predicted molar refractivity (Wildman–Crippen MR) is 81.7 cm³/mol. The summed E-state index contributed by atoms with van der Waals surface area (Å²) >= 11 is 0. The summed E-state index contributed by atoms with van der Waals surface area (Å²) in [4.78, 5) is 23.1. The molecule has 1 unspecified atom stereocenters. The van der Waals surface area contributed by atoms with E-state index < -0.39 is 27.9 Å². The summed E-state index contributed by atoms with van der Waals surface area (Å²) < 4.78 is 21.9. The third-order valence-corrected chi connectivity index (χ3v) is 3.77. The SMILES string of the molecule is CCCCC(NC(=O)c1ccc(CS(N)(=O)=O)cc1)C(=O)O. The molecule has 0 fully saturated rings. The van der Waals surface area contributed by atoms with Gasteiger partial charge in [-0.1, -0.05) is 31.9 Å². The molecule has 0 saturated heterocycles. The number of benzene rings is 1. The Morgan fingerprint density at radius 2 is 1.86 bits per heavy atom. The molecule has 0 spiro atoms. The van der Waals surface area contributed by atoms with Crippen molar-refractivity contribution in [3.05, 3.63) is 35.4 Å². The van der Waals surface area contributed by atoms with Crippen molar-refractivity contribution in [1.82, 2.24) is 5.32 Å². The van der Waals surface area contributed by atoms with Gasteiger partial charge in [0.05, 0.1) is 5.75 Å². The fraction of sp³-hybridized carbons (Fsp3) is 0.429. The molecule has 1 aromatic rings. The molecule has 0 aliphatic rings. The van der Waals surface area contributed by atoms with Gasteiger partial charge in [0, 0.05) is 5.56 Å². The summed E-state index contributed by atoms with van der Waals surface area (Å²) in [5.74, 6) is -1.90. The molecule has 8 heteroatoms. The minimum atomic E-state index is -3.63. The highest BCUT2D eigenvalue weighted by Gasteiger charge is 2.20. The molecule has 1 aromatic carbocycles. The van der Waals surface area contributed by atoms with Crippen molar-refractivity contribution >= 4 is 21.9 Å². The summed E-state index contributed by atoms with van der Waals surface area (Å²) in [7, 11) is -3.63. The number of carbonyl (C=O) groups excluding carboxylic acids is 1. The van der Waals surface area contributed by atoms with Crippen LogP contribution in [0.15, 0.2) is 24.3 Å². The Morgan fingerprint density at radius 3 is 2.32 bits per heavy atom. The monoisotopic (exact) mass is 328 g/mol. The van der Waals surface area contributed by atoms with Crippen molar-refractivity contribution < 1.29 is 23.1 Å². The number of sulfonamides is 1. The molecule has 22 heavy (non-hydrogen) atoms.